The fraction of sp³-hybridized carbons (Fsp3) is 0.182. The maximum absolute atomic E-state index is 5.59. The molecule has 2 aromatic rings. The van der Waals surface area contributed by atoms with Gasteiger partial charge in [-0.15, -0.1) is 0 Å². The minimum Gasteiger partial charge on any atom is -0.326 e. The Morgan fingerprint density at radius 2 is 2.21 bits per heavy atom. The highest BCUT2D eigenvalue weighted by molar-refractivity contribution is 7.09. The molecule has 0 atom stereocenters. The van der Waals surface area contributed by atoms with E-state index in [1.165, 1.54) is 22.0 Å². The van der Waals surface area contributed by atoms with Crippen molar-refractivity contribution in [1.82, 2.24) is 4.37 Å². The lowest BCUT2D eigenvalue weighted by atomic mass is 10.1. The zero-order chi connectivity index (χ0) is 9.97. The van der Waals surface area contributed by atoms with Crippen molar-refractivity contribution in [3.8, 4) is 10.4 Å². The lowest BCUT2D eigenvalue weighted by Crippen LogP contribution is -1.95. The predicted molar refractivity (Wildman–Crippen MR) is 60.2 cm³/mol. The van der Waals surface area contributed by atoms with Crippen molar-refractivity contribution in [3.63, 3.8) is 0 Å². The molecule has 0 aliphatic carbocycles. The molecule has 0 aliphatic heterocycles. The van der Waals surface area contributed by atoms with Crippen LogP contribution in [0.3, 0.4) is 0 Å². The first-order valence-corrected chi connectivity index (χ1v) is 5.29. The van der Waals surface area contributed by atoms with Gasteiger partial charge in [0, 0.05) is 6.54 Å². The molecular weight excluding hydrogens is 192 g/mol. The highest BCUT2D eigenvalue weighted by atomic mass is 32.1. The van der Waals surface area contributed by atoms with Crippen LogP contribution in [0, 0.1) is 6.92 Å². The van der Waals surface area contributed by atoms with E-state index in [2.05, 4.69) is 22.6 Å². The Kier molecular flexibility index (Phi) is 2.61. The topological polar surface area (TPSA) is 38.9 Å². The molecule has 1 aromatic heterocycles. The largest absolute Gasteiger partial charge is 0.326 e. The summed E-state index contributed by atoms with van der Waals surface area (Å²) in [6, 6.07) is 10.4. The maximum atomic E-state index is 5.59. The molecular formula is C11H12N2S. The lowest BCUT2D eigenvalue weighted by molar-refractivity contribution is 1.07. The molecule has 1 aromatic carbocycles. The second kappa shape index (κ2) is 3.90. The van der Waals surface area contributed by atoms with Gasteiger partial charge < -0.3 is 5.73 Å². The van der Waals surface area contributed by atoms with E-state index < -0.39 is 0 Å². The average Bonchev–Trinajstić information content (AvgIpc) is 2.65. The second-order valence-electron chi connectivity index (χ2n) is 3.24. The van der Waals surface area contributed by atoms with E-state index in [9.17, 15) is 0 Å². The van der Waals surface area contributed by atoms with Crippen molar-refractivity contribution in [3.05, 3.63) is 41.6 Å². The number of rotatable bonds is 2. The second-order valence-corrected chi connectivity index (χ2v) is 4.04. The fourth-order valence-electron chi connectivity index (χ4n) is 1.35. The summed E-state index contributed by atoms with van der Waals surface area (Å²) in [4.78, 5) is 1.21. The third kappa shape index (κ3) is 1.84. The first-order valence-electron chi connectivity index (χ1n) is 4.52. The summed E-state index contributed by atoms with van der Waals surface area (Å²) in [7, 11) is 0. The van der Waals surface area contributed by atoms with E-state index in [1.54, 1.807) is 0 Å². The molecule has 0 fully saturated rings. The summed E-state index contributed by atoms with van der Waals surface area (Å²) in [5.41, 5.74) is 9.03. The Labute approximate surface area is 87.6 Å². The number of benzene rings is 1. The Bertz CT molecular complexity index is 434. The number of hydrogen-bond donors (Lipinski definition) is 1. The third-order valence-electron chi connectivity index (χ3n) is 2.08. The maximum Gasteiger partial charge on any atom is 0.0552 e. The molecule has 72 valence electrons. The van der Waals surface area contributed by atoms with Crippen molar-refractivity contribution in [2.75, 3.05) is 0 Å². The molecule has 1 heterocycles. The summed E-state index contributed by atoms with van der Waals surface area (Å²) >= 11 is 1.53. The molecule has 3 heteroatoms. The Balaban J connectivity index is 2.41. The first-order chi connectivity index (χ1) is 6.79. The highest BCUT2D eigenvalue weighted by Crippen LogP contribution is 2.24. The molecule has 0 radical (unpaired) electrons. The van der Waals surface area contributed by atoms with Gasteiger partial charge in [-0.1, -0.05) is 18.2 Å². The van der Waals surface area contributed by atoms with Gasteiger partial charge in [-0.3, -0.25) is 0 Å². The van der Waals surface area contributed by atoms with Crippen molar-refractivity contribution >= 4 is 11.5 Å². The van der Waals surface area contributed by atoms with Crippen molar-refractivity contribution in [2.24, 2.45) is 5.73 Å². The first kappa shape index (κ1) is 9.37. The molecule has 2 nitrogen and oxygen atoms in total. The van der Waals surface area contributed by atoms with Gasteiger partial charge in [0.15, 0.2) is 0 Å². The Morgan fingerprint density at radius 3 is 2.86 bits per heavy atom. The van der Waals surface area contributed by atoms with E-state index in [0.717, 1.165) is 11.3 Å². The lowest BCUT2D eigenvalue weighted by Gasteiger charge is -1.99. The van der Waals surface area contributed by atoms with Crippen LogP contribution in [0.5, 0.6) is 0 Å². The summed E-state index contributed by atoms with van der Waals surface area (Å²) in [6.07, 6.45) is 0. The molecule has 2 N–H and O–H groups in total. The predicted octanol–water partition coefficient (Wildman–Crippen LogP) is 2.58. The van der Waals surface area contributed by atoms with Gasteiger partial charge in [-0.25, -0.2) is 0 Å². The van der Waals surface area contributed by atoms with Crippen LogP contribution in [-0.2, 0) is 6.54 Å². The van der Waals surface area contributed by atoms with E-state index in [4.69, 9.17) is 5.73 Å². The summed E-state index contributed by atoms with van der Waals surface area (Å²) in [5, 5.41) is 0. The number of aromatic nitrogens is 1. The smallest absolute Gasteiger partial charge is 0.0552 e. The SMILES string of the molecule is Cc1cc(-c2cccc(CN)c2)sn1. The van der Waals surface area contributed by atoms with Crippen LogP contribution < -0.4 is 5.73 Å². The number of nitrogens with two attached hydrogens (primary N) is 1. The van der Waals surface area contributed by atoms with Crippen LogP contribution >= 0.6 is 11.5 Å². The Morgan fingerprint density at radius 1 is 1.36 bits per heavy atom. The van der Waals surface area contributed by atoms with Crippen LogP contribution in [0.4, 0.5) is 0 Å². The van der Waals surface area contributed by atoms with E-state index >= 15 is 0 Å². The molecule has 0 saturated heterocycles. The van der Waals surface area contributed by atoms with E-state index in [-0.39, 0.29) is 0 Å². The van der Waals surface area contributed by atoms with Gasteiger partial charge in [0.05, 0.1) is 10.6 Å². The highest BCUT2D eigenvalue weighted by Gasteiger charge is 2.01. The number of aryl methyl sites for hydroxylation is 1. The molecule has 2 rings (SSSR count). The number of nitrogens with zero attached hydrogens (tertiary/aromatic N) is 1. The minimum atomic E-state index is 0.589. The molecule has 0 unspecified atom stereocenters. The number of hydrogen-bond acceptors (Lipinski definition) is 3. The quantitative estimate of drug-likeness (QED) is 0.816. The van der Waals surface area contributed by atoms with Crippen molar-refractivity contribution in [2.45, 2.75) is 13.5 Å². The third-order valence-corrected chi connectivity index (χ3v) is 3.00. The summed E-state index contributed by atoms with van der Waals surface area (Å²) in [5.74, 6) is 0. The molecule has 0 amide bonds. The van der Waals surface area contributed by atoms with Crippen LogP contribution in [0.2, 0.25) is 0 Å². The molecule has 14 heavy (non-hydrogen) atoms. The van der Waals surface area contributed by atoms with Gasteiger partial charge in [0.25, 0.3) is 0 Å². The Hall–Kier alpha value is -1.19. The van der Waals surface area contributed by atoms with Crippen LogP contribution in [0.25, 0.3) is 10.4 Å². The van der Waals surface area contributed by atoms with Crippen molar-refractivity contribution < 1.29 is 0 Å². The van der Waals surface area contributed by atoms with Gasteiger partial charge in [-0.2, -0.15) is 4.37 Å². The van der Waals surface area contributed by atoms with Gasteiger partial charge in [0.1, 0.15) is 0 Å². The molecule has 0 spiro atoms. The van der Waals surface area contributed by atoms with Gasteiger partial charge in [-0.05, 0) is 41.7 Å². The summed E-state index contributed by atoms with van der Waals surface area (Å²) in [6.45, 7) is 2.60. The van der Waals surface area contributed by atoms with Crippen LogP contribution in [-0.4, -0.2) is 4.37 Å². The minimum absolute atomic E-state index is 0.589. The monoisotopic (exact) mass is 204 g/mol. The van der Waals surface area contributed by atoms with Crippen LogP contribution in [0.1, 0.15) is 11.3 Å². The average molecular weight is 204 g/mol. The van der Waals surface area contributed by atoms with Gasteiger partial charge in [0.2, 0.25) is 0 Å². The van der Waals surface area contributed by atoms with E-state index in [1.807, 2.05) is 19.1 Å². The fourth-order valence-corrected chi connectivity index (χ4v) is 2.10. The zero-order valence-corrected chi connectivity index (χ0v) is 8.84. The zero-order valence-electron chi connectivity index (χ0n) is 8.03. The summed E-state index contributed by atoms with van der Waals surface area (Å²) < 4.78 is 4.26. The normalized spacial score (nSPS) is 10.4. The van der Waals surface area contributed by atoms with Crippen molar-refractivity contribution in [1.29, 1.82) is 0 Å². The van der Waals surface area contributed by atoms with Gasteiger partial charge >= 0.3 is 0 Å². The molecule has 0 bridgehead atoms. The standard InChI is InChI=1S/C11H12N2S/c1-8-5-11(14-13-8)10-4-2-3-9(6-10)7-12/h2-6H,7,12H2,1H3. The molecule has 0 aliphatic rings. The van der Waals surface area contributed by atoms with Crippen LogP contribution in [0.15, 0.2) is 30.3 Å². The molecule has 0 saturated carbocycles. The van der Waals surface area contributed by atoms with E-state index in [0.29, 0.717) is 6.54 Å².